The van der Waals surface area contributed by atoms with E-state index < -0.39 is 0 Å². The molecule has 1 aromatic carbocycles. The van der Waals surface area contributed by atoms with Gasteiger partial charge in [0, 0.05) is 12.6 Å². The van der Waals surface area contributed by atoms with Crippen molar-refractivity contribution >= 4 is 17.4 Å². The van der Waals surface area contributed by atoms with E-state index in [2.05, 4.69) is 5.10 Å². The van der Waals surface area contributed by atoms with E-state index in [1.54, 1.807) is 4.68 Å². The van der Waals surface area contributed by atoms with Crippen LogP contribution in [0.4, 0.5) is 0 Å². The molecule has 5 heteroatoms. The normalized spacial score (nSPS) is 10.9. The van der Waals surface area contributed by atoms with Gasteiger partial charge in [0.05, 0.1) is 22.8 Å². The lowest BCUT2D eigenvalue weighted by Gasteiger charge is -2.04. The number of aromatic nitrogens is 2. The first kappa shape index (κ1) is 15.7. The maximum atomic E-state index is 12.4. The molecule has 0 saturated carbocycles. The van der Waals surface area contributed by atoms with Crippen LogP contribution in [0.2, 0.25) is 5.02 Å². The topological polar surface area (TPSA) is 60.9 Å². The van der Waals surface area contributed by atoms with E-state index in [0.717, 1.165) is 29.8 Å². The zero-order valence-electron chi connectivity index (χ0n) is 12.4. The summed E-state index contributed by atoms with van der Waals surface area (Å²) >= 11 is 6.28. The molecule has 0 fully saturated rings. The van der Waals surface area contributed by atoms with Gasteiger partial charge in [0.15, 0.2) is 5.78 Å². The van der Waals surface area contributed by atoms with Gasteiger partial charge in [-0.2, -0.15) is 5.10 Å². The van der Waals surface area contributed by atoms with Gasteiger partial charge in [-0.1, -0.05) is 42.8 Å². The van der Waals surface area contributed by atoms with Crippen molar-refractivity contribution in [2.75, 3.05) is 6.54 Å². The van der Waals surface area contributed by atoms with Gasteiger partial charge in [-0.3, -0.25) is 9.48 Å². The summed E-state index contributed by atoms with van der Waals surface area (Å²) < 4.78 is 1.70. The third-order valence-electron chi connectivity index (χ3n) is 3.54. The number of ketones is 1. The second kappa shape index (κ2) is 6.87. The fourth-order valence-corrected chi connectivity index (χ4v) is 2.65. The first-order valence-corrected chi connectivity index (χ1v) is 7.47. The Labute approximate surface area is 129 Å². The van der Waals surface area contributed by atoms with E-state index in [1.165, 1.54) is 0 Å². The molecule has 21 heavy (non-hydrogen) atoms. The Kier molecular flexibility index (Phi) is 5.15. The van der Waals surface area contributed by atoms with Crippen molar-refractivity contribution in [3.63, 3.8) is 0 Å². The molecule has 0 atom stereocenters. The Bertz CT molecular complexity index is 632. The quantitative estimate of drug-likeness (QED) is 0.834. The number of halogens is 1. The number of aryl methyl sites for hydroxylation is 2. The minimum atomic E-state index is 0.0434. The second-order valence-corrected chi connectivity index (χ2v) is 5.40. The third-order valence-corrected chi connectivity index (χ3v) is 3.98. The highest BCUT2D eigenvalue weighted by atomic mass is 35.5. The molecule has 0 saturated heterocycles. The smallest absolute Gasteiger partial charge is 0.168 e. The average Bonchev–Trinajstić information content (AvgIpc) is 2.75. The van der Waals surface area contributed by atoms with Crippen LogP contribution < -0.4 is 5.73 Å². The minimum absolute atomic E-state index is 0.0434. The molecule has 0 amide bonds. The highest BCUT2D eigenvalue weighted by Gasteiger charge is 2.17. The number of Topliss-reactive ketones (excluding diaryl/α,β-unsaturated/α-hetero) is 1. The van der Waals surface area contributed by atoms with Crippen LogP contribution >= 0.6 is 11.6 Å². The fraction of sp³-hybridized carbons (Fsp3) is 0.375. The molecule has 0 aliphatic carbocycles. The maximum Gasteiger partial charge on any atom is 0.168 e. The van der Waals surface area contributed by atoms with E-state index >= 15 is 0 Å². The number of hydrogen-bond acceptors (Lipinski definition) is 3. The van der Waals surface area contributed by atoms with Crippen LogP contribution in [-0.2, 0) is 26.3 Å². The summed E-state index contributed by atoms with van der Waals surface area (Å²) in [5, 5.41) is 4.94. The molecule has 4 nitrogen and oxygen atoms in total. The van der Waals surface area contributed by atoms with Crippen LogP contribution in [0, 0.1) is 0 Å². The van der Waals surface area contributed by atoms with Gasteiger partial charge in [0.25, 0.3) is 0 Å². The fourth-order valence-electron chi connectivity index (χ4n) is 2.29. The second-order valence-electron chi connectivity index (χ2n) is 5.02. The van der Waals surface area contributed by atoms with Gasteiger partial charge in [-0.05, 0) is 24.9 Å². The monoisotopic (exact) mass is 305 g/mol. The molecule has 2 rings (SSSR count). The number of benzene rings is 1. The van der Waals surface area contributed by atoms with Crippen molar-refractivity contribution < 1.29 is 4.79 Å². The Hall–Kier alpha value is -1.65. The van der Waals surface area contributed by atoms with E-state index in [4.69, 9.17) is 17.3 Å². The van der Waals surface area contributed by atoms with E-state index in [1.807, 2.05) is 38.2 Å². The zero-order chi connectivity index (χ0) is 15.4. The van der Waals surface area contributed by atoms with Gasteiger partial charge >= 0.3 is 0 Å². The van der Waals surface area contributed by atoms with Crippen LogP contribution in [0.25, 0.3) is 0 Å². The van der Waals surface area contributed by atoms with Crippen molar-refractivity contribution in [1.29, 1.82) is 0 Å². The number of nitrogens with zero attached hydrogens (tertiary/aromatic N) is 2. The molecular weight excluding hydrogens is 286 g/mol. The summed E-state index contributed by atoms with van der Waals surface area (Å²) in [6.07, 6.45) is 1.84. The predicted octanol–water partition coefficient (Wildman–Crippen LogP) is 2.56. The Morgan fingerprint density at radius 3 is 2.52 bits per heavy atom. The summed E-state index contributed by atoms with van der Waals surface area (Å²) in [5.41, 5.74) is 8.95. The summed E-state index contributed by atoms with van der Waals surface area (Å²) in [5.74, 6) is 0.0434. The lowest BCUT2D eigenvalue weighted by atomic mass is 10.0. The van der Waals surface area contributed by atoms with Crippen LogP contribution in [0.5, 0.6) is 0 Å². The molecular formula is C16H20ClN3O. The van der Waals surface area contributed by atoms with Crippen molar-refractivity contribution in [1.82, 2.24) is 9.78 Å². The molecule has 2 aromatic rings. The average molecular weight is 306 g/mol. The maximum absolute atomic E-state index is 12.4. The molecule has 0 aliphatic rings. The van der Waals surface area contributed by atoms with Crippen LogP contribution in [0.3, 0.4) is 0 Å². The Balaban J connectivity index is 2.16. The van der Waals surface area contributed by atoms with Crippen LogP contribution in [-0.4, -0.2) is 22.1 Å². The molecule has 112 valence electrons. The first-order chi connectivity index (χ1) is 10.1. The molecule has 0 unspecified atom stereocenters. The minimum Gasteiger partial charge on any atom is -0.330 e. The van der Waals surface area contributed by atoms with E-state index in [9.17, 15) is 4.79 Å². The summed E-state index contributed by atoms with van der Waals surface area (Å²) in [6.45, 7) is 2.60. The third kappa shape index (κ3) is 3.52. The molecule has 1 aromatic heterocycles. The molecule has 0 aliphatic heterocycles. The largest absolute Gasteiger partial charge is 0.330 e. The molecule has 0 radical (unpaired) electrons. The lowest BCUT2D eigenvalue weighted by Crippen LogP contribution is -2.09. The molecule has 0 spiro atoms. The number of carbonyl (C=O) groups excluding carboxylic acids is 1. The Morgan fingerprint density at radius 2 is 2.00 bits per heavy atom. The van der Waals surface area contributed by atoms with Gasteiger partial charge in [-0.25, -0.2) is 0 Å². The van der Waals surface area contributed by atoms with Crippen LogP contribution in [0.15, 0.2) is 24.3 Å². The van der Waals surface area contributed by atoms with Gasteiger partial charge in [0.2, 0.25) is 0 Å². The highest BCUT2D eigenvalue weighted by molar-refractivity contribution is 6.32. The van der Waals surface area contributed by atoms with E-state index in [0.29, 0.717) is 17.1 Å². The van der Waals surface area contributed by atoms with Gasteiger partial charge in [0.1, 0.15) is 0 Å². The van der Waals surface area contributed by atoms with E-state index in [-0.39, 0.29) is 12.2 Å². The van der Waals surface area contributed by atoms with Crippen molar-refractivity contribution in [3.8, 4) is 0 Å². The summed E-state index contributed by atoms with van der Waals surface area (Å²) in [4.78, 5) is 12.4. The lowest BCUT2D eigenvalue weighted by molar-refractivity contribution is 0.0990. The van der Waals surface area contributed by atoms with Gasteiger partial charge in [-0.15, -0.1) is 0 Å². The van der Waals surface area contributed by atoms with Gasteiger partial charge < -0.3 is 5.73 Å². The molecule has 0 bridgehead atoms. The van der Waals surface area contributed by atoms with Crippen molar-refractivity contribution in [2.45, 2.75) is 26.2 Å². The zero-order valence-corrected chi connectivity index (χ0v) is 13.2. The molecule has 1 heterocycles. The van der Waals surface area contributed by atoms with Crippen LogP contribution in [0.1, 0.15) is 34.2 Å². The SMILES string of the molecule is CCc1nn(C)c(CC(=O)c2ccc(CCN)cc2)c1Cl. The number of hydrogen-bond donors (Lipinski definition) is 1. The number of nitrogens with two attached hydrogens (primary N) is 1. The van der Waals surface area contributed by atoms with Crippen molar-refractivity contribution in [2.24, 2.45) is 12.8 Å². The van der Waals surface area contributed by atoms with Crippen molar-refractivity contribution in [3.05, 3.63) is 51.8 Å². The highest BCUT2D eigenvalue weighted by Crippen LogP contribution is 2.22. The number of carbonyl (C=O) groups is 1. The molecule has 2 N–H and O–H groups in total. The summed E-state index contributed by atoms with van der Waals surface area (Å²) in [7, 11) is 1.82. The standard InChI is InChI=1S/C16H20ClN3O/c1-3-13-16(17)14(20(2)19-13)10-15(21)12-6-4-11(5-7-12)8-9-18/h4-7H,3,8-10,18H2,1-2H3. The number of rotatable bonds is 6. The first-order valence-electron chi connectivity index (χ1n) is 7.09. The Morgan fingerprint density at radius 1 is 1.33 bits per heavy atom. The predicted molar refractivity (Wildman–Crippen MR) is 84.8 cm³/mol. The summed E-state index contributed by atoms with van der Waals surface area (Å²) in [6, 6.07) is 7.58.